The van der Waals surface area contributed by atoms with Crippen LogP contribution in [-0.4, -0.2) is 30.8 Å². The molecule has 0 aliphatic carbocycles. The summed E-state index contributed by atoms with van der Waals surface area (Å²) in [5, 5.41) is -0.405. The van der Waals surface area contributed by atoms with Gasteiger partial charge in [-0.2, -0.15) is 4.31 Å². The number of esters is 1. The lowest BCUT2D eigenvalue weighted by Gasteiger charge is -2.26. The second kappa shape index (κ2) is 9.08. The van der Waals surface area contributed by atoms with E-state index in [1.54, 1.807) is 51.1 Å². The number of hydrogen-bond acceptors (Lipinski definition) is 4. The molecule has 0 radical (unpaired) electrons. The van der Waals surface area contributed by atoms with Gasteiger partial charge >= 0.3 is 5.97 Å². The zero-order valence-corrected chi connectivity index (χ0v) is 19.6. The fourth-order valence-corrected chi connectivity index (χ4v) is 5.22. The van der Waals surface area contributed by atoms with E-state index >= 15 is 4.39 Å². The molecule has 5 nitrogen and oxygen atoms in total. The molecule has 0 bridgehead atoms. The third-order valence-electron chi connectivity index (χ3n) is 4.43. The molecule has 0 spiro atoms. The van der Waals surface area contributed by atoms with Gasteiger partial charge in [0.05, 0.1) is 0 Å². The summed E-state index contributed by atoms with van der Waals surface area (Å²) >= 11 is 0. The van der Waals surface area contributed by atoms with Crippen LogP contribution in [0.2, 0.25) is 0 Å². The first-order valence-corrected chi connectivity index (χ1v) is 11.3. The standard InChI is InChI=1S/C21H26F2NO4PS/c1-13-14(2)18(23)20(19(29)17(13)22)30(26,27)24(11-15-9-7-6-8-10-15)12-16(25)28-21(3,4)5/h6-10H,11-12,29H2,1-5H3. The van der Waals surface area contributed by atoms with Crippen molar-refractivity contribution >= 4 is 30.5 Å². The minimum atomic E-state index is -4.58. The van der Waals surface area contributed by atoms with Gasteiger partial charge in [0.15, 0.2) is 0 Å². The van der Waals surface area contributed by atoms with Crippen molar-refractivity contribution in [1.82, 2.24) is 4.31 Å². The minimum absolute atomic E-state index is 0.0261. The fourth-order valence-electron chi connectivity index (χ4n) is 2.83. The van der Waals surface area contributed by atoms with Gasteiger partial charge in [0, 0.05) is 11.8 Å². The summed E-state index contributed by atoms with van der Waals surface area (Å²) < 4.78 is 62.4. The Balaban J connectivity index is 2.58. The number of hydrogen-bond donors (Lipinski definition) is 0. The van der Waals surface area contributed by atoms with Crippen molar-refractivity contribution < 1.29 is 26.7 Å². The van der Waals surface area contributed by atoms with E-state index in [1.807, 2.05) is 9.24 Å². The van der Waals surface area contributed by atoms with Gasteiger partial charge in [-0.05, 0) is 51.3 Å². The normalized spacial score (nSPS) is 12.3. The number of benzene rings is 2. The first-order valence-electron chi connectivity index (χ1n) is 9.25. The molecule has 9 heteroatoms. The first kappa shape index (κ1) is 24.4. The zero-order chi connectivity index (χ0) is 22.9. The molecular weight excluding hydrogens is 431 g/mol. The Hall–Kier alpha value is -1.89. The molecule has 0 saturated heterocycles. The van der Waals surface area contributed by atoms with Crippen molar-refractivity contribution in [3.63, 3.8) is 0 Å². The molecule has 0 aromatic heterocycles. The van der Waals surface area contributed by atoms with Crippen LogP contribution in [0.5, 0.6) is 0 Å². The Morgan fingerprint density at radius 1 is 1.07 bits per heavy atom. The van der Waals surface area contributed by atoms with Gasteiger partial charge < -0.3 is 4.74 Å². The van der Waals surface area contributed by atoms with Crippen molar-refractivity contribution in [2.75, 3.05) is 6.54 Å². The van der Waals surface area contributed by atoms with Crippen molar-refractivity contribution in [2.45, 2.75) is 51.7 Å². The highest BCUT2D eigenvalue weighted by Gasteiger charge is 2.35. The Labute approximate surface area is 178 Å². The van der Waals surface area contributed by atoms with Gasteiger partial charge in [0.1, 0.15) is 28.7 Å². The fraction of sp³-hybridized carbons (Fsp3) is 0.381. The maximum absolute atomic E-state index is 15.0. The summed E-state index contributed by atoms with van der Waals surface area (Å²) in [5.41, 5.74) is -0.324. The van der Waals surface area contributed by atoms with Gasteiger partial charge in [0.2, 0.25) is 10.0 Å². The minimum Gasteiger partial charge on any atom is -0.459 e. The van der Waals surface area contributed by atoms with Crippen molar-refractivity contribution in [2.24, 2.45) is 0 Å². The summed E-state index contributed by atoms with van der Waals surface area (Å²) in [4.78, 5) is 11.6. The highest BCUT2D eigenvalue weighted by molar-refractivity contribution is 7.89. The second-order valence-electron chi connectivity index (χ2n) is 7.97. The molecule has 30 heavy (non-hydrogen) atoms. The van der Waals surface area contributed by atoms with Crippen LogP contribution in [0.15, 0.2) is 35.2 Å². The maximum atomic E-state index is 15.0. The Morgan fingerprint density at radius 3 is 2.13 bits per heavy atom. The lowest BCUT2D eigenvalue weighted by molar-refractivity contribution is -0.155. The van der Waals surface area contributed by atoms with Gasteiger partial charge in [-0.3, -0.25) is 4.79 Å². The molecule has 0 N–H and O–H groups in total. The summed E-state index contributed by atoms with van der Waals surface area (Å²) in [6.45, 7) is 6.79. The van der Waals surface area contributed by atoms with E-state index in [4.69, 9.17) is 4.74 Å². The predicted octanol–water partition coefficient (Wildman–Crippen LogP) is 3.61. The van der Waals surface area contributed by atoms with E-state index in [0.29, 0.717) is 5.56 Å². The van der Waals surface area contributed by atoms with Gasteiger partial charge in [-0.1, -0.05) is 30.3 Å². The molecule has 0 heterocycles. The molecule has 1 unspecified atom stereocenters. The average Bonchev–Trinajstić information content (AvgIpc) is 2.63. The van der Waals surface area contributed by atoms with Crippen LogP contribution in [0, 0.1) is 25.5 Å². The highest BCUT2D eigenvalue weighted by Crippen LogP contribution is 2.27. The van der Waals surface area contributed by atoms with Gasteiger partial charge in [-0.15, -0.1) is 9.24 Å². The number of nitrogens with zero attached hydrogens (tertiary/aromatic N) is 1. The van der Waals surface area contributed by atoms with Crippen molar-refractivity contribution in [3.05, 3.63) is 58.7 Å². The molecule has 2 aromatic rings. The van der Waals surface area contributed by atoms with E-state index in [2.05, 4.69) is 0 Å². The molecule has 0 aliphatic heterocycles. The predicted molar refractivity (Wildman–Crippen MR) is 115 cm³/mol. The lowest BCUT2D eigenvalue weighted by Crippen LogP contribution is -2.40. The Morgan fingerprint density at radius 2 is 1.60 bits per heavy atom. The number of sulfonamides is 1. The topological polar surface area (TPSA) is 63.7 Å². The van der Waals surface area contributed by atoms with Crippen molar-refractivity contribution in [3.8, 4) is 0 Å². The molecule has 0 amide bonds. The second-order valence-corrected chi connectivity index (χ2v) is 10.4. The van der Waals surface area contributed by atoms with Crippen LogP contribution in [-0.2, 0) is 26.1 Å². The number of carbonyl (C=O) groups excluding carboxylic acids is 1. The van der Waals surface area contributed by atoms with E-state index < -0.39 is 50.0 Å². The quantitative estimate of drug-likeness (QED) is 0.491. The highest BCUT2D eigenvalue weighted by atomic mass is 32.2. The van der Waals surface area contributed by atoms with Gasteiger partial charge in [-0.25, -0.2) is 17.2 Å². The van der Waals surface area contributed by atoms with E-state index in [0.717, 1.165) is 4.31 Å². The summed E-state index contributed by atoms with van der Waals surface area (Å²) in [5.74, 6) is -2.66. The number of ether oxygens (including phenoxy) is 1. The van der Waals surface area contributed by atoms with E-state index in [9.17, 15) is 17.6 Å². The molecule has 1 atom stereocenters. The third-order valence-corrected chi connectivity index (χ3v) is 7.03. The molecule has 0 aliphatic rings. The van der Waals surface area contributed by atoms with Gasteiger partial charge in [0.25, 0.3) is 0 Å². The number of carbonyl (C=O) groups is 1. The molecule has 0 saturated carbocycles. The smallest absolute Gasteiger partial charge is 0.321 e. The van der Waals surface area contributed by atoms with Crippen LogP contribution >= 0.6 is 9.24 Å². The summed E-state index contributed by atoms with van der Waals surface area (Å²) in [6.07, 6.45) is 0. The lowest BCUT2D eigenvalue weighted by atomic mass is 10.1. The maximum Gasteiger partial charge on any atom is 0.321 e. The van der Waals surface area contributed by atoms with E-state index in [1.165, 1.54) is 13.8 Å². The van der Waals surface area contributed by atoms with Crippen LogP contribution < -0.4 is 5.30 Å². The number of rotatable bonds is 6. The third kappa shape index (κ3) is 5.42. The molecule has 164 valence electrons. The molecule has 2 aromatic carbocycles. The average molecular weight is 457 g/mol. The van der Waals surface area contributed by atoms with Crippen LogP contribution in [0.25, 0.3) is 0 Å². The Bertz CT molecular complexity index is 1020. The Kier molecular flexibility index (Phi) is 7.38. The zero-order valence-electron chi connectivity index (χ0n) is 17.6. The van der Waals surface area contributed by atoms with Crippen LogP contribution in [0.1, 0.15) is 37.5 Å². The molecule has 2 rings (SSSR count). The summed E-state index contributed by atoms with van der Waals surface area (Å²) in [6, 6.07) is 8.54. The number of halogens is 2. The molecule has 0 fully saturated rings. The first-order chi connectivity index (χ1) is 13.8. The molecular formula is C21H26F2NO4PS. The van der Waals surface area contributed by atoms with Crippen molar-refractivity contribution in [1.29, 1.82) is 0 Å². The monoisotopic (exact) mass is 457 g/mol. The summed E-state index contributed by atoms with van der Waals surface area (Å²) in [7, 11) is -2.62. The van der Waals surface area contributed by atoms with Crippen LogP contribution in [0.3, 0.4) is 0 Å². The van der Waals surface area contributed by atoms with Crippen LogP contribution in [0.4, 0.5) is 8.78 Å². The van der Waals surface area contributed by atoms with E-state index in [-0.39, 0.29) is 17.7 Å². The largest absolute Gasteiger partial charge is 0.459 e. The SMILES string of the molecule is Cc1c(C)c(F)c(S(=O)(=O)N(CC(=O)OC(C)(C)C)Cc2ccccc2)c(P)c1F.